The van der Waals surface area contributed by atoms with Crippen LogP contribution in [0.4, 0.5) is 4.39 Å². The highest BCUT2D eigenvalue weighted by molar-refractivity contribution is 5.87. The van der Waals surface area contributed by atoms with E-state index < -0.39 is 5.82 Å². The van der Waals surface area contributed by atoms with E-state index in [9.17, 15) is 9.18 Å². The molecule has 5 rings (SSSR count). The number of fused-ring (bicyclic) bond motifs is 1. The molecule has 3 heterocycles. The smallest absolute Gasteiger partial charge is 0.245 e. The third kappa shape index (κ3) is 4.30. The summed E-state index contributed by atoms with van der Waals surface area (Å²) < 4.78 is 27.4. The monoisotopic (exact) mass is 486 g/mol. The second-order valence-corrected chi connectivity index (χ2v) is 8.81. The summed E-state index contributed by atoms with van der Waals surface area (Å²) in [6, 6.07) is 12.1. The van der Waals surface area contributed by atoms with Gasteiger partial charge in [0.25, 0.3) is 0 Å². The second-order valence-electron chi connectivity index (χ2n) is 8.81. The van der Waals surface area contributed by atoms with Gasteiger partial charge in [0.2, 0.25) is 11.7 Å². The number of aromatic nitrogens is 3. The van der Waals surface area contributed by atoms with Gasteiger partial charge >= 0.3 is 0 Å². The fraction of sp³-hybridized carbons (Fsp3) is 0.250. The van der Waals surface area contributed by atoms with Crippen LogP contribution >= 0.6 is 0 Å². The van der Waals surface area contributed by atoms with Crippen molar-refractivity contribution in [2.24, 2.45) is 0 Å². The molecule has 184 valence electrons. The Balaban J connectivity index is 1.48. The minimum Gasteiger partial charge on any atom is -0.494 e. The molecule has 0 unspecified atom stereocenters. The predicted molar refractivity (Wildman–Crippen MR) is 135 cm³/mol. The summed E-state index contributed by atoms with van der Waals surface area (Å²) in [4.78, 5) is 23.5. The number of carbonyl (C=O) groups excluding carboxylic acids is 1. The van der Waals surface area contributed by atoms with Gasteiger partial charge in [-0.1, -0.05) is 12.6 Å². The highest BCUT2D eigenvalue weighted by atomic mass is 19.1. The lowest BCUT2D eigenvalue weighted by molar-refractivity contribution is -0.127. The van der Waals surface area contributed by atoms with Crippen LogP contribution in [0.25, 0.3) is 16.8 Å². The lowest BCUT2D eigenvalue weighted by Gasteiger charge is -2.31. The molecule has 2 aromatic heterocycles. The van der Waals surface area contributed by atoms with E-state index in [-0.39, 0.29) is 23.3 Å². The first kappa shape index (κ1) is 23.5. The SMILES string of the molecule is C=CC(=O)N1CCC[C@@H](c2nc(-c3ccc(Oc4cccc(OC)c4F)cc3)c3cncc(C)n23)C1. The number of benzene rings is 2. The molecule has 1 atom stereocenters. The first-order valence-electron chi connectivity index (χ1n) is 11.8. The van der Waals surface area contributed by atoms with Gasteiger partial charge in [-0.2, -0.15) is 4.39 Å². The number of imidazole rings is 1. The average molecular weight is 487 g/mol. The molecule has 0 saturated carbocycles. The molecule has 2 aromatic carbocycles. The van der Waals surface area contributed by atoms with E-state index in [4.69, 9.17) is 14.5 Å². The number of aryl methyl sites for hydroxylation is 1. The summed E-state index contributed by atoms with van der Waals surface area (Å²) in [5, 5.41) is 0. The molecule has 0 aliphatic carbocycles. The van der Waals surface area contributed by atoms with Crippen molar-refractivity contribution in [3.8, 4) is 28.5 Å². The molecule has 7 nitrogen and oxygen atoms in total. The molecule has 0 bridgehead atoms. The molecule has 1 aliphatic heterocycles. The normalized spacial score (nSPS) is 15.6. The van der Waals surface area contributed by atoms with Crippen LogP contribution in [0, 0.1) is 12.7 Å². The summed E-state index contributed by atoms with van der Waals surface area (Å²) in [5.41, 5.74) is 3.55. The first-order chi connectivity index (χ1) is 17.5. The Labute approximate surface area is 208 Å². The number of methoxy groups -OCH3 is 1. The highest BCUT2D eigenvalue weighted by Gasteiger charge is 2.28. The third-order valence-corrected chi connectivity index (χ3v) is 6.53. The van der Waals surface area contributed by atoms with Gasteiger partial charge in [0.15, 0.2) is 11.5 Å². The number of hydrogen-bond donors (Lipinski definition) is 0. The summed E-state index contributed by atoms with van der Waals surface area (Å²) in [6.07, 6.45) is 6.85. The number of likely N-dealkylation sites (tertiary alicyclic amines) is 1. The van der Waals surface area contributed by atoms with Crippen molar-refractivity contribution in [1.29, 1.82) is 0 Å². The number of halogens is 1. The second kappa shape index (κ2) is 9.81. The topological polar surface area (TPSA) is 69.0 Å². The van der Waals surface area contributed by atoms with Crippen LogP contribution in [0.2, 0.25) is 0 Å². The van der Waals surface area contributed by atoms with Crippen LogP contribution in [-0.4, -0.2) is 45.4 Å². The zero-order valence-electron chi connectivity index (χ0n) is 20.3. The van der Waals surface area contributed by atoms with Gasteiger partial charge < -0.3 is 14.4 Å². The molecule has 1 saturated heterocycles. The van der Waals surface area contributed by atoms with Crippen LogP contribution in [0.5, 0.6) is 17.2 Å². The van der Waals surface area contributed by atoms with E-state index >= 15 is 0 Å². The molecule has 0 N–H and O–H groups in total. The van der Waals surface area contributed by atoms with Crippen LogP contribution < -0.4 is 9.47 Å². The Kier molecular flexibility index (Phi) is 6.41. The van der Waals surface area contributed by atoms with Gasteiger partial charge in [0, 0.05) is 36.5 Å². The molecule has 1 fully saturated rings. The van der Waals surface area contributed by atoms with Gasteiger partial charge in [0.1, 0.15) is 11.6 Å². The Bertz CT molecular complexity index is 1430. The van der Waals surface area contributed by atoms with E-state index in [0.29, 0.717) is 12.3 Å². The van der Waals surface area contributed by atoms with Crippen LogP contribution in [0.1, 0.15) is 30.3 Å². The standard InChI is InChI=1S/C28H27FN4O3/c1-4-25(34)32-14-6-7-20(17-32)28-31-27(22-16-30-15-18(2)33(22)28)19-10-12-21(13-11-19)36-24-9-5-8-23(35-3)26(24)29/h4-5,8-13,15-16,20H,1,6-7,14,17H2,2-3H3/t20-/m1/s1. The van der Waals surface area contributed by atoms with Gasteiger partial charge in [0.05, 0.1) is 24.5 Å². The molecule has 36 heavy (non-hydrogen) atoms. The van der Waals surface area contributed by atoms with Crippen molar-refractivity contribution >= 4 is 11.4 Å². The zero-order chi connectivity index (χ0) is 25.2. The summed E-state index contributed by atoms with van der Waals surface area (Å²) in [5.74, 6) is 1.13. The van der Waals surface area contributed by atoms with Gasteiger partial charge in [-0.15, -0.1) is 0 Å². The molecular formula is C28H27FN4O3. The van der Waals surface area contributed by atoms with E-state index in [1.807, 2.05) is 36.4 Å². The van der Waals surface area contributed by atoms with Crippen molar-refractivity contribution in [2.45, 2.75) is 25.7 Å². The summed E-state index contributed by atoms with van der Waals surface area (Å²) >= 11 is 0. The zero-order valence-corrected chi connectivity index (χ0v) is 20.3. The van der Waals surface area contributed by atoms with E-state index in [1.54, 1.807) is 30.3 Å². The molecule has 8 heteroatoms. The largest absolute Gasteiger partial charge is 0.494 e. The Morgan fingerprint density at radius 3 is 2.69 bits per heavy atom. The van der Waals surface area contributed by atoms with Crippen LogP contribution in [0.15, 0.2) is 67.5 Å². The van der Waals surface area contributed by atoms with Crippen molar-refractivity contribution in [3.63, 3.8) is 0 Å². The molecule has 4 aromatic rings. The number of hydrogen-bond acceptors (Lipinski definition) is 5. The maximum Gasteiger partial charge on any atom is 0.245 e. The number of piperidine rings is 1. The quantitative estimate of drug-likeness (QED) is 0.335. The summed E-state index contributed by atoms with van der Waals surface area (Å²) in [7, 11) is 1.42. The van der Waals surface area contributed by atoms with Crippen molar-refractivity contribution in [3.05, 3.63) is 84.8 Å². The third-order valence-electron chi connectivity index (χ3n) is 6.53. The number of rotatable bonds is 6. The molecular weight excluding hydrogens is 459 g/mol. The molecule has 1 amide bonds. The minimum atomic E-state index is -0.549. The Hall–Kier alpha value is -4.20. The van der Waals surface area contributed by atoms with Gasteiger partial charge in [-0.05, 0) is 62.2 Å². The fourth-order valence-corrected chi connectivity index (χ4v) is 4.75. The lowest BCUT2D eigenvalue weighted by atomic mass is 9.97. The Morgan fingerprint density at radius 2 is 1.94 bits per heavy atom. The maximum atomic E-state index is 14.5. The molecule has 0 spiro atoms. The number of amides is 1. The fourth-order valence-electron chi connectivity index (χ4n) is 4.75. The maximum absolute atomic E-state index is 14.5. The van der Waals surface area contributed by atoms with Crippen molar-refractivity contribution < 1.29 is 18.7 Å². The van der Waals surface area contributed by atoms with Crippen LogP contribution in [-0.2, 0) is 4.79 Å². The predicted octanol–water partition coefficient (Wildman–Crippen LogP) is 5.54. The van der Waals surface area contributed by atoms with E-state index in [2.05, 4.69) is 16.0 Å². The number of ether oxygens (including phenoxy) is 2. The van der Waals surface area contributed by atoms with Gasteiger partial charge in [-0.25, -0.2) is 4.98 Å². The van der Waals surface area contributed by atoms with Gasteiger partial charge in [-0.3, -0.25) is 14.2 Å². The van der Waals surface area contributed by atoms with E-state index in [1.165, 1.54) is 13.2 Å². The highest BCUT2D eigenvalue weighted by Crippen LogP contribution is 2.35. The van der Waals surface area contributed by atoms with Crippen molar-refractivity contribution in [1.82, 2.24) is 19.3 Å². The molecule has 1 aliphatic rings. The lowest BCUT2D eigenvalue weighted by Crippen LogP contribution is -2.38. The molecule has 0 radical (unpaired) electrons. The van der Waals surface area contributed by atoms with E-state index in [0.717, 1.165) is 47.7 Å². The van der Waals surface area contributed by atoms with Crippen LogP contribution in [0.3, 0.4) is 0 Å². The first-order valence-corrected chi connectivity index (χ1v) is 11.8. The Morgan fingerprint density at radius 1 is 1.17 bits per heavy atom. The minimum absolute atomic E-state index is 0.0535. The average Bonchev–Trinajstić information content (AvgIpc) is 3.31. The summed E-state index contributed by atoms with van der Waals surface area (Å²) in [6.45, 7) is 6.97. The number of nitrogens with zero attached hydrogens (tertiary/aromatic N) is 4. The number of carbonyl (C=O) groups is 1. The van der Waals surface area contributed by atoms with Crippen molar-refractivity contribution in [2.75, 3.05) is 20.2 Å².